The minimum absolute atomic E-state index is 0.0600. The molecule has 5 nitrogen and oxygen atoms in total. The van der Waals surface area contributed by atoms with E-state index in [9.17, 15) is 9.59 Å². The second kappa shape index (κ2) is 7.40. The third-order valence-corrected chi connectivity index (χ3v) is 4.50. The molecule has 120 valence electrons. The van der Waals surface area contributed by atoms with Crippen LogP contribution < -0.4 is 11.5 Å². The third-order valence-electron chi connectivity index (χ3n) is 4.50. The van der Waals surface area contributed by atoms with Crippen LogP contribution in [0.1, 0.15) is 44.2 Å². The van der Waals surface area contributed by atoms with Gasteiger partial charge in [0.2, 0.25) is 11.8 Å². The molecular weight excluding hydrogens is 278 g/mol. The van der Waals surface area contributed by atoms with E-state index < -0.39 is 0 Å². The lowest BCUT2D eigenvalue weighted by Crippen LogP contribution is -2.48. The summed E-state index contributed by atoms with van der Waals surface area (Å²) in [6.45, 7) is 2.46. The van der Waals surface area contributed by atoms with Gasteiger partial charge in [-0.2, -0.15) is 0 Å². The van der Waals surface area contributed by atoms with Gasteiger partial charge in [-0.25, -0.2) is 0 Å². The van der Waals surface area contributed by atoms with Crippen LogP contribution in [0.15, 0.2) is 30.3 Å². The van der Waals surface area contributed by atoms with Crippen molar-refractivity contribution in [3.05, 3.63) is 35.9 Å². The average molecular weight is 303 g/mol. The van der Waals surface area contributed by atoms with Crippen molar-refractivity contribution in [3.8, 4) is 0 Å². The molecule has 2 rings (SSSR count). The fraction of sp³-hybridized carbons (Fsp3) is 0.529. The zero-order chi connectivity index (χ0) is 16.1. The summed E-state index contributed by atoms with van der Waals surface area (Å²) >= 11 is 0. The van der Waals surface area contributed by atoms with Crippen LogP contribution in [0, 0.1) is 5.92 Å². The second-order valence-corrected chi connectivity index (χ2v) is 6.13. The van der Waals surface area contributed by atoms with Gasteiger partial charge in [-0.1, -0.05) is 30.3 Å². The maximum Gasteiger partial charge on any atom is 0.222 e. The van der Waals surface area contributed by atoms with Gasteiger partial charge in [-0.05, 0) is 31.7 Å². The van der Waals surface area contributed by atoms with E-state index in [0.29, 0.717) is 19.4 Å². The molecule has 22 heavy (non-hydrogen) atoms. The number of amides is 2. The van der Waals surface area contributed by atoms with Crippen LogP contribution in [-0.2, 0) is 9.59 Å². The van der Waals surface area contributed by atoms with Gasteiger partial charge in [0.25, 0.3) is 0 Å². The normalized spacial score (nSPS) is 23.1. The Balaban J connectivity index is 1.89. The minimum Gasteiger partial charge on any atom is -0.369 e. The maximum atomic E-state index is 12.4. The molecule has 1 aromatic rings. The molecule has 1 aromatic carbocycles. The number of carbonyl (C=O) groups is 2. The highest BCUT2D eigenvalue weighted by Crippen LogP contribution is 2.24. The standard InChI is InChI=1S/C17H25N3O2/c1-12-7-8-14(17(19)22)11-20(12)16(21)10-9-15(18)13-5-3-2-4-6-13/h2-6,12,14-15H,7-11,18H2,1H3,(H2,19,22)/t12-,14+,15+/m1/s1. The first-order valence-corrected chi connectivity index (χ1v) is 7.88. The molecule has 5 heteroatoms. The first-order valence-electron chi connectivity index (χ1n) is 7.88. The number of hydrogen-bond acceptors (Lipinski definition) is 3. The van der Waals surface area contributed by atoms with Gasteiger partial charge in [-0.15, -0.1) is 0 Å². The first kappa shape index (κ1) is 16.5. The summed E-state index contributed by atoms with van der Waals surface area (Å²) in [5.74, 6) is -0.474. The quantitative estimate of drug-likeness (QED) is 0.865. The molecule has 1 saturated heterocycles. The number of benzene rings is 1. The number of carbonyl (C=O) groups excluding carboxylic acids is 2. The largest absolute Gasteiger partial charge is 0.369 e. The number of hydrogen-bond donors (Lipinski definition) is 2. The lowest BCUT2D eigenvalue weighted by atomic mass is 9.92. The predicted octanol–water partition coefficient (Wildman–Crippen LogP) is 1.58. The summed E-state index contributed by atoms with van der Waals surface area (Å²) in [4.78, 5) is 25.6. The monoisotopic (exact) mass is 303 g/mol. The van der Waals surface area contributed by atoms with Crippen LogP contribution in [0.25, 0.3) is 0 Å². The number of rotatable bonds is 5. The Labute approximate surface area is 131 Å². The predicted molar refractivity (Wildman–Crippen MR) is 85.7 cm³/mol. The molecule has 0 aromatic heterocycles. The minimum atomic E-state index is -0.314. The van der Waals surface area contributed by atoms with Crippen LogP contribution in [0.5, 0.6) is 0 Å². The van der Waals surface area contributed by atoms with Crippen molar-refractivity contribution in [1.29, 1.82) is 0 Å². The lowest BCUT2D eigenvalue weighted by molar-refractivity contribution is -0.137. The molecule has 0 unspecified atom stereocenters. The van der Waals surface area contributed by atoms with E-state index in [0.717, 1.165) is 18.4 Å². The summed E-state index contributed by atoms with van der Waals surface area (Å²) in [5.41, 5.74) is 12.6. The van der Waals surface area contributed by atoms with Crippen LogP contribution in [-0.4, -0.2) is 29.3 Å². The fourth-order valence-electron chi connectivity index (χ4n) is 2.98. The molecule has 1 heterocycles. The van der Waals surface area contributed by atoms with Crippen molar-refractivity contribution in [3.63, 3.8) is 0 Å². The summed E-state index contributed by atoms with van der Waals surface area (Å²) in [7, 11) is 0. The van der Waals surface area contributed by atoms with Crippen LogP contribution in [0.3, 0.4) is 0 Å². The Bertz CT molecular complexity index is 518. The molecule has 4 N–H and O–H groups in total. The van der Waals surface area contributed by atoms with Gasteiger partial charge < -0.3 is 16.4 Å². The molecule has 3 atom stereocenters. The topological polar surface area (TPSA) is 89.4 Å². The molecule has 0 radical (unpaired) electrons. The zero-order valence-electron chi connectivity index (χ0n) is 13.1. The Morgan fingerprint density at radius 3 is 2.59 bits per heavy atom. The van der Waals surface area contributed by atoms with Gasteiger partial charge in [0.05, 0.1) is 5.92 Å². The van der Waals surface area contributed by atoms with Crippen molar-refractivity contribution in [1.82, 2.24) is 4.90 Å². The van der Waals surface area contributed by atoms with E-state index in [1.807, 2.05) is 37.3 Å². The first-order chi connectivity index (χ1) is 10.5. The van der Waals surface area contributed by atoms with Gasteiger partial charge in [0, 0.05) is 25.0 Å². The van der Waals surface area contributed by atoms with Crippen LogP contribution in [0.2, 0.25) is 0 Å². The van der Waals surface area contributed by atoms with Gasteiger partial charge >= 0.3 is 0 Å². The fourth-order valence-corrected chi connectivity index (χ4v) is 2.98. The number of nitrogens with two attached hydrogens (primary N) is 2. The summed E-state index contributed by atoms with van der Waals surface area (Å²) in [5, 5.41) is 0. The molecule has 1 aliphatic rings. The third kappa shape index (κ3) is 4.07. The highest BCUT2D eigenvalue weighted by molar-refractivity contribution is 5.80. The van der Waals surface area contributed by atoms with Crippen molar-refractivity contribution in [2.45, 2.75) is 44.7 Å². The van der Waals surface area contributed by atoms with E-state index in [1.54, 1.807) is 4.90 Å². The summed E-state index contributed by atoms with van der Waals surface area (Å²) < 4.78 is 0. The molecule has 1 fully saturated rings. The highest BCUT2D eigenvalue weighted by atomic mass is 16.2. The van der Waals surface area contributed by atoms with E-state index in [1.165, 1.54) is 0 Å². The molecule has 0 aliphatic carbocycles. The van der Waals surface area contributed by atoms with Gasteiger partial charge in [0.1, 0.15) is 0 Å². The van der Waals surface area contributed by atoms with Crippen molar-refractivity contribution < 1.29 is 9.59 Å². The molecule has 0 spiro atoms. The number of piperidine rings is 1. The van der Waals surface area contributed by atoms with E-state index >= 15 is 0 Å². The van der Waals surface area contributed by atoms with E-state index in [-0.39, 0.29) is 29.8 Å². The molecule has 1 aliphatic heterocycles. The highest BCUT2D eigenvalue weighted by Gasteiger charge is 2.31. The van der Waals surface area contributed by atoms with Crippen molar-refractivity contribution in [2.24, 2.45) is 17.4 Å². The van der Waals surface area contributed by atoms with Crippen LogP contribution in [0.4, 0.5) is 0 Å². The second-order valence-electron chi connectivity index (χ2n) is 6.13. The lowest BCUT2D eigenvalue weighted by Gasteiger charge is -2.37. The zero-order valence-corrected chi connectivity index (χ0v) is 13.1. The van der Waals surface area contributed by atoms with Gasteiger partial charge in [-0.3, -0.25) is 9.59 Å². The Morgan fingerprint density at radius 2 is 1.95 bits per heavy atom. The number of primary amides is 1. The number of likely N-dealkylation sites (tertiary alicyclic amines) is 1. The molecule has 0 saturated carbocycles. The molecule has 2 amide bonds. The van der Waals surface area contributed by atoms with Crippen LogP contribution >= 0.6 is 0 Å². The molecular formula is C17H25N3O2. The van der Waals surface area contributed by atoms with Crippen molar-refractivity contribution >= 4 is 11.8 Å². The average Bonchev–Trinajstić information content (AvgIpc) is 2.53. The SMILES string of the molecule is C[C@@H]1CC[C@H](C(N)=O)CN1C(=O)CC[C@H](N)c1ccccc1. The van der Waals surface area contributed by atoms with Gasteiger partial charge in [0.15, 0.2) is 0 Å². The number of nitrogens with zero attached hydrogens (tertiary/aromatic N) is 1. The Hall–Kier alpha value is -1.88. The summed E-state index contributed by atoms with van der Waals surface area (Å²) in [6.07, 6.45) is 2.59. The van der Waals surface area contributed by atoms with Crippen molar-refractivity contribution in [2.75, 3.05) is 6.54 Å². The molecule has 0 bridgehead atoms. The maximum absolute atomic E-state index is 12.4. The Kier molecular flexibility index (Phi) is 5.55. The summed E-state index contributed by atoms with van der Waals surface area (Å²) in [6, 6.07) is 9.81. The van der Waals surface area contributed by atoms with E-state index in [4.69, 9.17) is 11.5 Å². The van der Waals surface area contributed by atoms with E-state index in [2.05, 4.69) is 0 Å². The smallest absolute Gasteiger partial charge is 0.222 e. The Morgan fingerprint density at radius 1 is 1.27 bits per heavy atom.